The first-order valence-corrected chi connectivity index (χ1v) is 20.3. The minimum absolute atomic E-state index is 0.0409. The number of methoxy groups -OCH3 is 2. The van der Waals surface area contributed by atoms with Gasteiger partial charge >= 0.3 is 0 Å². The van der Waals surface area contributed by atoms with Gasteiger partial charge < -0.3 is 38.6 Å². The van der Waals surface area contributed by atoms with Crippen LogP contribution in [0.15, 0.2) is 66.7 Å². The van der Waals surface area contributed by atoms with Crippen molar-refractivity contribution in [1.29, 1.82) is 0 Å². The Labute approximate surface area is 332 Å². The largest absolute Gasteiger partial charge is 0.493 e. The zero-order valence-electron chi connectivity index (χ0n) is 33.9. The highest BCUT2D eigenvalue weighted by Crippen LogP contribution is 2.51. The molecule has 1 N–H and O–H groups in total. The summed E-state index contributed by atoms with van der Waals surface area (Å²) in [6.07, 6.45) is 4.89. The minimum atomic E-state index is -0.678. The number of likely N-dealkylation sites (N-methyl/N-ethyl adjacent to an activating group) is 2. The van der Waals surface area contributed by atoms with Crippen LogP contribution < -0.4 is 23.7 Å². The number of aliphatic hydroxyl groups excluding tert-OH is 1. The molecular formula is C46H58N4O6. The van der Waals surface area contributed by atoms with Crippen molar-refractivity contribution in [2.24, 2.45) is 0 Å². The van der Waals surface area contributed by atoms with Crippen molar-refractivity contribution in [3.05, 3.63) is 100 Å². The van der Waals surface area contributed by atoms with Gasteiger partial charge in [0.15, 0.2) is 23.0 Å². The van der Waals surface area contributed by atoms with Crippen molar-refractivity contribution >= 4 is 0 Å². The summed E-state index contributed by atoms with van der Waals surface area (Å²) >= 11 is 0. The second-order valence-corrected chi connectivity index (χ2v) is 16.4. The average Bonchev–Trinajstić information content (AvgIpc) is 3.20. The highest BCUT2D eigenvalue weighted by Gasteiger charge is 2.35. The summed E-state index contributed by atoms with van der Waals surface area (Å²) in [6, 6.07) is 24.1. The lowest BCUT2D eigenvalue weighted by molar-refractivity contribution is 0.0491. The van der Waals surface area contributed by atoms with Gasteiger partial charge in [-0.3, -0.25) is 9.80 Å². The van der Waals surface area contributed by atoms with Gasteiger partial charge in [0, 0.05) is 43.3 Å². The maximum atomic E-state index is 11.4. The number of hydrogen-bond donors (Lipinski definition) is 1. The van der Waals surface area contributed by atoms with E-state index < -0.39 is 6.10 Å². The molecule has 5 aliphatic rings. The minimum Gasteiger partial charge on any atom is -0.493 e. The molecule has 0 saturated carbocycles. The van der Waals surface area contributed by atoms with Crippen LogP contribution in [-0.4, -0.2) is 119 Å². The lowest BCUT2D eigenvalue weighted by Gasteiger charge is -2.37. The van der Waals surface area contributed by atoms with Crippen LogP contribution in [0.4, 0.5) is 0 Å². The molecule has 10 nitrogen and oxygen atoms in total. The van der Waals surface area contributed by atoms with Crippen LogP contribution in [0, 0.1) is 0 Å². The first kappa shape index (κ1) is 38.5. The van der Waals surface area contributed by atoms with Crippen LogP contribution in [0.5, 0.6) is 40.2 Å². The summed E-state index contributed by atoms with van der Waals surface area (Å²) in [5.74, 6) is 4.69. The first-order valence-electron chi connectivity index (χ1n) is 20.3. The van der Waals surface area contributed by atoms with E-state index in [-0.39, 0.29) is 18.7 Å². The second kappa shape index (κ2) is 16.6. The standard InChI is InChI=1S/C46H58N4O6/c1-47(2)34-17-21-50(22-18-34)28-35(51)29-54-45-43(53-6)26-33-16-20-49(4)40-24-31-9-14-41(52-5)42(25-31)55-36-11-7-30(8-12-36)23-39-38-27-37(56-46(45)44(33)40)13-10-32(38)15-19-48(39)3/h7-14,25-27,34-35,39-40,51H,15-24,28-29H2,1-6H3/t35?,39-,40-/m0/s1. The second-order valence-electron chi connectivity index (χ2n) is 16.4. The topological polar surface area (TPSA) is 79.3 Å². The molecule has 298 valence electrons. The van der Waals surface area contributed by atoms with Gasteiger partial charge in [-0.25, -0.2) is 0 Å². The molecule has 1 unspecified atom stereocenters. The molecule has 0 aromatic heterocycles. The predicted molar refractivity (Wildman–Crippen MR) is 219 cm³/mol. The van der Waals surface area contributed by atoms with E-state index in [1.54, 1.807) is 14.2 Å². The third-order valence-electron chi connectivity index (χ3n) is 12.5. The highest BCUT2D eigenvalue weighted by molar-refractivity contribution is 5.63. The molecule has 0 amide bonds. The molecule has 0 radical (unpaired) electrons. The van der Waals surface area contributed by atoms with Gasteiger partial charge in [-0.1, -0.05) is 24.3 Å². The molecule has 0 spiro atoms. The summed E-state index contributed by atoms with van der Waals surface area (Å²) in [5.41, 5.74) is 7.22. The lowest BCUT2D eigenvalue weighted by atomic mass is 9.87. The Bertz CT molecular complexity index is 1990. The number of β-amino-alcohol motifs (C(OH)–C–C–N with tert-alkyl or cyclic N) is 1. The normalized spacial score (nSPS) is 21.0. The summed E-state index contributed by atoms with van der Waals surface area (Å²) in [6.45, 7) is 4.46. The van der Waals surface area contributed by atoms with E-state index in [0.717, 1.165) is 80.9 Å². The molecular weight excluding hydrogens is 705 g/mol. The Morgan fingerprint density at radius 1 is 0.750 bits per heavy atom. The van der Waals surface area contributed by atoms with Crippen LogP contribution in [0.2, 0.25) is 0 Å². The summed E-state index contributed by atoms with van der Waals surface area (Å²) in [7, 11) is 12.1. The molecule has 4 aromatic carbocycles. The van der Waals surface area contributed by atoms with Crippen molar-refractivity contribution < 1.29 is 28.8 Å². The molecule has 1 fully saturated rings. The van der Waals surface area contributed by atoms with Crippen molar-refractivity contribution in [2.75, 3.05) is 81.7 Å². The Morgan fingerprint density at radius 3 is 2.16 bits per heavy atom. The Morgan fingerprint density at radius 2 is 1.43 bits per heavy atom. The van der Waals surface area contributed by atoms with E-state index in [4.69, 9.17) is 23.7 Å². The van der Waals surface area contributed by atoms with Crippen molar-refractivity contribution in [3.63, 3.8) is 0 Å². The summed E-state index contributed by atoms with van der Waals surface area (Å²) in [5, 5.41) is 11.4. The van der Waals surface area contributed by atoms with Gasteiger partial charge in [-0.15, -0.1) is 0 Å². The van der Waals surface area contributed by atoms with Gasteiger partial charge in [0.25, 0.3) is 0 Å². The van der Waals surface area contributed by atoms with E-state index in [9.17, 15) is 5.11 Å². The zero-order valence-corrected chi connectivity index (χ0v) is 33.9. The molecule has 5 heterocycles. The van der Waals surface area contributed by atoms with Crippen molar-refractivity contribution in [3.8, 4) is 40.2 Å². The van der Waals surface area contributed by atoms with Gasteiger partial charge in [0.1, 0.15) is 24.2 Å². The Hall–Kier alpha value is -4.32. The van der Waals surface area contributed by atoms with Gasteiger partial charge in [0.2, 0.25) is 5.75 Å². The molecule has 10 heteroatoms. The SMILES string of the molecule is COc1ccc2cc1Oc1ccc(cc1)C[C@H]1c3cc(ccc3CCN1C)Oc1c(OCC(O)CN3CCC(N(C)C)CC3)c(OC)cc3c1[C@H](C2)N(C)CC3. The van der Waals surface area contributed by atoms with Gasteiger partial charge in [-0.05, 0) is 150 Å². The zero-order chi connectivity index (χ0) is 38.9. The van der Waals surface area contributed by atoms with E-state index in [1.807, 2.05) is 6.07 Å². The number of ether oxygens (including phenoxy) is 5. The van der Waals surface area contributed by atoms with Crippen LogP contribution in [0.25, 0.3) is 0 Å². The van der Waals surface area contributed by atoms with Crippen molar-refractivity contribution in [1.82, 2.24) is 19.6 Å². The molecule has 6 bridgehead atoms. The molecule has 9 rings (SSSR count). The fourth-order valence-corrected chi connectivity index (χ4v) is 9.17. The Kier molecular flexibility index (Phi) is 11.5. The van der Waals surface area contributed by atoms with Crippen LogP contribution in [0.1, 0.15) is 58.3 Å². The number of nitrogens with zero attached hydrogens (tertiary/aromatic N) is 4. The molecule has 4 aromatic rings. The quantitative estimate of drug-likeness (QED) is 0.205. The van der Waals surface area contributed by atoms with Crippen LogP contribution >= 0.6 is 0 Å². The van der Waals surface area contributed by atoms with E-state index in [0.29, 0.717) is 47.8 Å². The third kappa shape index (κ3) is 8.08. The van der Waals surface area contributed by atoms with Gasteiger partial charge in [0.05, 0.1) is 14.2 Å². The summed E-state index contributed by atoms with van der Waals surface area (Å²) < 4.78 is 32.2. The predicted octanol–water partition coefficient (Wildman–Crippen LogP) is 6.91. The Balaban J connectivity index is 1.21. The number of fused-ring (bicyclic) bond motifs is 2. The fraction of sp³-hybridized carbons (Fsp3) is 0.478. The number of aliphatic hydroxyl groups is 1. The smallest absolute Gasteiger partial charge is 0.204 e. The maximum Gasteiger partial charge on any atom is 0.204 e. The molecule has 3 atom stereocenters. The van der Waals surface area contributed by atoms with Crippen LogP contribution in [-0.2, 0) is 25.7 Å². The van der Waals surface area contributed by atoms with Crippen LogP contribution in [0.3, 0.4) is 0 Å². The van der Waals surface area contributed by atoms with E-state index >= 15 is 0 Å². The number of piperidine rings is 1. The average molecular weight is 763 g/mol. The number of benzene rings is 4. The van der Waals surface area contributed by atoms with Crippen molar-refractivity contribution in [2.45, 2.75) is 62.8 Å². The third-order valence-corrected chi connectivity index (χ3v) is 12.5. The fourth-order valence-electron chi connectivity index (χ4n) is 9.17. The first-order chi connectivity index (χ1) is 27.2. The number of likely N-dealkylation sites (tertiary alicyclic amines) is 1. The number of hydrogen-bond acceptors (Lipinski definition) is 10. The molecule has 56 heavy (non-hydrogen) atoms. The monoisotopic (exact) mass is 762 g/mol. The molecule has 0 aliphatic carbocycles. The summed E-state index contributed by atoms with van der Waals surface area (Å²) in [4.78, 5) is 9.50. The molecule has 5 aliphatic heterocycles. The molecule has 1 saturated heterocycles. The number of rotatable bonds is 8. The van der Waals surface area contributed by atoms with E-state index in [2.05, 4.69) is 108 Å². The highest BCUT2D eigenvalue weighted by atomic mass is 16.5. The lowest BCUT2D eigenvalue weighted by Crippen LogP contribution is -2.45. The maximum absolute atomic E-state index is 11.4. The van der Waals surface area contributed by atoms with Gasteiger partial charge in [-0.2, -0.15) is 0 Å². The van der Waals surface area contributed by atoms with E-state index in [1.165, 1.54) is 22.3 Å².